The van der Waals surface area contributed by atoms with E-state index in [2.05, 4.69) is 44.3 Å². The van der Waals surface area contributed by atoms with E-state index in [9.17, 15) is 8.42 Å². The van der Waals surface area contributed by atoms with Gasteiger partial charge in [-0.15, -0.1) is 0 Å². The van der Waals surface area contributed by atoms with Crippen LogP contribution in [-0.4, -0.2) is 66.6 Å². The lowest BCUT2D eigenvalue weighted by Crippen LogP contribution is -2.38. The van der Waals surface area contributed by atoms with Gasteiger partial charge in [0, 0.05) is 18.2 Å². The van der Waals surface area contributed by atoms with E-state index >= 15 is 0 Å². The van der Waals surface area contributed by atoms with Crippen LogP contribution < -0.4 is 24.8 Å². The molecule has 1 aliphatic heterocycles. The highest BCUT2D eigenvalue weighted by Crippen LogP contribution is 2.26. The van der Waals surface area contributed by atoms with Crippen molar-refractivity contribution in [3.63, 3.8) is 0 Å². The Morgan fingerprint density at radius 3 is 2.80 bits per heavy atom. The summed E-state index contributed by atoms with van der Waals surface area (Å²) in [5, 5.41) is 11.0. The van der Waals surface area contributed by atoms with Gasteiger partial charge in [0.1, 0.15) is 12.4 Å². The second-order valence-corrected chi connectivity index (χ2v) is 10.8. The van der Waals surface area contributed by atoms with Crippen molar-refractivity contribution in [1.82, 2.24) is 29.6 Å². The van der Waals surface area contributed by atoms with Crippen LogP contribution >= 0.6 is 0 Å². The lowest BCUT2D eigenvalue weighted by Gasteiger charge is -2.17. The molecule has 3 aromatic rings. The molecule has 0 bridgehead atoms. The van der Waals surface area contributed by atoms with E-state index in [1.165, 1.54) is 0 Å². The van der Waals surface area contributed by atoms with Gasteiger partial charge in [-0.05, 0) is 43.5 Å². The van der Waals surface area contributed by atoms with Gasteiger partial charge in [0.2, 0.25) is 16.0 Å². The average molecular weight is 504 g/mol. The number of nitrogens with zero attached hydrogens (tertiary/aromatic N) is 4. The Morgan fingerprint density at radius 2 is 2.09 bits per heavy atom. The summed E-state index contributed by atoms with van der Waals surface area (Å²) in [6.07, 6.45) is 2.55. The Kier molecular flexibility index (Phi) is 7.72. The van der Waals surface area contributed by atoms with Crippen molar-refractivity contribution in [2.75, 3.05) is 37.9 Å². The molecule has 12 heteroatoms. The van der Waals surface area contributed by atoms with Gasteiger partial charge in [-0.2, -0.15) is 19.6 Å². The van der Waals surface area contributed by atoms with Crippen LogP contribution in [-0.2, 0) is 10.0 Å². The minimum absolute atomic E-state index is 0.0678. The molecule has 3 heterocycles. The minimum Gasteiger partial charge on any atom is -0.497 e. The van der Waals surface area contributed by atoms with Gasteiger partial charge in [0.15, 0.2) is 5.65 Å². The van der Waals surface area contributed by atoms with Crippen LogP contribution in [0, 0.1) is 0 Å². The smallest absolute Gasteiger partial charge is 0.321 e. The molecule has 0 amide bonds. The lowest BCUT2D eigenvalue weighted by atomic mass is 10.1. The summed E-state index contributed by atoms with van der Waals surface area (Å²) in [7, 11) is -1.84. The highest BCUT2D eigenvalue weighted by atomic mass is 32.2. The molecular formula is C23H33N7O4S. The van der Waals surface area contributed by atoms with E-state index in [4.69, 9.17) is 9.47 Å². The van der Waals surface area contributed by atoms with Crippen molar-refractivity contribution in [1.29, 1.82) is 0 Å². The lowest BCUT2D eigenvalue weighted by molar-refractivity contribution is 0.313. The summed E-state index contributed by atoms with van der Waals surface area (Å²) in [4.78, 5) is 9.03. The Balaban J connectivity index is 1.54. The molecule has 2 aromatic heterocycles. The van der Waals surface area contributed by atoms with Gasteiger partial charge in [-0.1, -0.05) is 26.0 Å². The molecule has 0 spiro atoms. The number of methoxy groups -OCH3 is 1. The number of sulfonamides is 1. The van der Waals surface area contributed by atoms with E-state index in [1.807, 2.05) is 31.2 Å². The van der Waals surface area contributed by atoms with E-state index < -0.39 is 10.0 Å². The third kappa shape index (κ3) is 6.19. The van der Waals surface area contributed by atoms with Crippen LogP contribution in [0.1, 0.15) is 50.3 Å². The van der Waals surface area contributed by atoms with Crippen molar-refractivity contribution >= 4 is 21.6 Å². The molecule has 2 unspecified atom stereocenters. The summed E-state index contributed by atoms with van der Waals surface area (Å²) < 4.78 is 40.2. The van der Waals surface area contributed by atoms with Crippen molar-refractivity contribution in [2.45, 2.75) is 45.2 Å². The summed E-state index contributed by atoms with van der Waals surface area (Å²) in [5.74, 6) is 1.21. The zero-order chi connectivity index (χ0) is 25.0. The van der Waals surface area contributed by atoms with Gasteiger partial charge in [-0.25, -0.2) is 13.1 Å². The third-order valence-electron chi connectivity index (χ3n) is 5.93. The zero-order valence-electron chi connectivity index (χ0n) is 20.5. The number of nitrogens with one attached hydrogen (secondary N) is 3. The maximum atomic E-state index is 12.4. The number of benzene rings is 1. The first-order chi connectivity index (χ1) is 16.8. The zero-order valence-corrected chi connectivity index (χ0v) is 21.3. The molecule has 0 radical (unpaired) electrons. The van der Waals surface area contributed by atoms with E-state index in [0.29, 0.717) is 18.1 Å². The van der Waals surface area contributed by atoms with Crippen LogP contribution in [0.2, 0.25) is 0 Å². The second kappa shape index (κ2) is 10.8. The molecular weight excluding hydrogens is 470 g/mol. The predicted molar refractivity (Wildman–Crippen MR) is 134 cm³/mol. The first-order valence-corrected chi connectivity index (χ1v) is 13.4. The van der Waals surface area contributed by atoms with Gasteiger partial charge in [0.05, 0.1) is 25.1 Å². The molecule has 3 N–H and O–H groups in total. The number of hydrogen-bond acceptors (Lipinski definition) is 9. The van der Waals surface area contributed by atoms with Crippen LogP contribution in [0.3, 0.4) is 0 Å². The predicted octanol–water partition coefficient (Wildman–Crippen LogP) is 2.09. The summed E-state index contributed by atoms with van der Waals surface area (Å²) in [6.45, 7) is 7.50. The van der Waals surface area contributed by atoms with E-state index in [1.54, 1.807) is 17.8 Å². The molecule has 1 aromatic carbocycles. The van der Waals surface area contributed by atoms with Crippen LogP contribution in [0.4, 0.5) is 5.95 Å². The van der Waals surface area contributed by atoms with Crippen molar-refractivity contribution in [3.8, 4) is 11.8 Å². The van der Waals surface area contributed by atoms with Crippen LogP contribution in [0.15, 0.2) is 30.5 Å². The molecule has 190 valence electrons. The van der Waals surface area contributed by atoms with Gasteiger partial charge in [0.25, 0.3) is 0 Å². The molecule has 1 aliphatic rings. The standard InChI is InChI=1S/C23H33N7O4S/c1-15(2)20-14-25-30-21(20)27-23(34-10-11-35(31,32)29-18-8-9-24-13-18)28-22(30)26-16(3)17-6-5-7-19(12-17)33-4/h5-7,12,14-16,18,24,29H,8-11,13H2,1-4H3,(H,26,27,28). The fourth-order valence-electron chi connectivity index (χ4n) is 3.94. The Labute approximate surface area is 205 Å². The topological polar surface area (TPSA) is 132 Å². The minimum atomic E-state index is -3.48. The first kappa shape index (κ1) is 25.1. The molecule has 0 saturated carbocycles. The van der Waals surface area contributed by atoms with E-state index in [-0.39, 0.29) is 36.4 Å². The molecule has 2 atom stereocenters. The van der Waals surface area contributed by atoms with Gasteiger partial charge in [-0.3, -0.25) is 0 Å². The van der Waals surface area contributed by atoms with Gasteiger partial charge < -0.3 is 20.1 Å². The molecule has 11 nitrogen and oxygen atoms in total. The second-order valence-electron chi connectivity index (χ2n) is 8.94. The highest BCUT2D eigenvalue weighted by molar-refractivity contribution is 7.89. The number of aromatic nitrogens is 4. The Bertz CT molecular complexity index is 1260. The van der Waals surface area contributed by atoms with Crippen molar-refractivity contribution < 1.29 is 17.9 Å². The van der Waals surface area contributed by atoms with Crippen molar-refractivity contribution in [2.24, 2.45) is 0 Å². The molecule has 1 fully saturated rings. The van der Waals surface area contributed by atoms with Gasteiger partial charge >= 0.3 is 6.01 Å². The summed E-state index contributed by atoms with van der Waals surface area (Å²) in [6, 6.07) is 7.66. The average Bonchev–Trinajstić information content (AvgIpc) is 3.48. The maximum Gasteiger partial charge on any atom is 0.321 e. The maximum absolute atomic E-state index is 12.4. The number of anilines is 1. The molecule has 4 rings (SSSR count). The fraction of sp³-hybridized carbons (Fsp3) is 0.522. The normalized spacial score (nSPS) is 17.1. The Hall–Kier alpha value is -2.96. The van der Waals surface area contributed by atoms with Crippen LogP contribution in [0.25, 0.3) is 5.65 Å². The highest BCUT2D eigenvalue weighted by Gasteiger charge is 2.22. The van der Waals surface area contributed by atoms with Crippen LogP contribution in [0.5, 0.6) is 11.8 Å². The number of fused-ring (bicyclic) bond motifs is 1. The molecule has 35 heavy (non-hydrogen) atoms. The monoisotopic (exact) mass is 503 g/mol. The quantitative estimate of drug-likeness (QED) is 0.360. The fourth-order valence-corrected chi connectivity index (χ4v) is 5.07. The number of hydrogen-bond donors (Lipinski definition) is 3. The first-order valence-electron chi connectivity index (χ1n) is 11.8. The Morgan fingerprint density at radius 1 is 1.26 bits per heavy atom. The molecule has 1 saturated heterocycles. The third-order valence-corrected chi connectivity index (χ3v) is 7.32. The summed E-state index contributed by atoms with van der Waals surface area (Å²) in [5.41, 5.74) is 2.56. The largest absolute Gasteiger partial charge is 0.497 e. The van der Waals surface area contributed by atoms with E-state index in [0.717, 1.165) is 29.8 Å². The van der Waals surface area contributed by atoms with Crippen molar-refractivity contribution in [3.05, 3.63) is 41.6 Å². The number of rotatable bonds is 11. The number of ether oxygens (including phenoxy) is 2. The molecule has 0 aliphatic carbocycles. The summed E-state index contributed by atoms with van der Waals surface area (Å²) >= 11 is 0. The SMILES string of the molecule is COc1cccc(C(C)Nc2nc(OCCS(=O)(=O)NC3CCNC3)nc3c(C(C)C)cnn23)c1.